The van der Waals surface area contributed by atoms with Crippen molar-refractivity contribution < 1.29 is 28.9 Å². The summed E-state index contributed by atoms with van der Waals surface area (Å²) in [5.41, 5.74) is 1.37. The Labute approximate surface area is 181 Å². The highest BCUT2D eigenvalue weighted by Crippen LogP contribution is 2.31. The molecule has 1 aliphatic heterocycles. The number of ether oxygens (including phenoxy) is 3. The fourth-order valence-electron chi connectivity index (χ4n) is 3.40. The molecule has 0 bridgehead atoms. The molecule has 0 radical (unpaired) electrons. The smallest absolute Gasteiger partial charge is 0.296 e. The predicted octanol–water partition coefficient (Wildman–Crippen LogP) is 3.76. The van der Waals surface area contributed by atoms with Crippen molar-refractivity contribution in [3.05, 3.63) is 59.4 Å². The van der Waals surface area contributed by atoms with Gasteiger partial charge in [0, 0.05) is 6.54 Å². The maximum Gasteiger partial charge on any atom is 0.296 e. The number of carbonyl (C=O) groups is 2. The average molecular weight is 425 g/mol. The Morgan fingerprint density at radius 2 is 1.45 bits per heavy atom. The Morgan fingerprint density at radius 3 is 2.10 bits per heavy atom. The SMILES string of the molecule is CCOc1ccc(C2=C(O)C(=O)N(CCc3ccc(OCC)c(OCC)c3)C2=O)cc1. The normalized spacial score (nSPS) is 13.7. The first-order chi connectivity index (χ1) is 15.0. The lowest BCUT2D eigenvalue weighted by molar-refractivity contribution is -0.138. The third-order valence-electron chi connectivity index (χ3n) is 4.83. The number of carbonyl (C=O) groups excluding carboxylic acids is 2. The molecule has 0 fully saturated rings. The number of aliphatic hydroxyl groups excluding tert-OH is 1. The lowest BCUT2D eigenvalue weighted by Gasteiger charge is -2.16. The monoisotopic (exact) mass is 425 g/mol. The third kappa shape index (κ3) is 4.82. The molecule has 31 heavy (non-hydrogen) atoms. The summed E-state index contributed by atoms with van der Waals surface area (Å²) in [5, 5.41) is 10.3. The van der Waals surface area contributed by atoms with Crippen LogP contribution in [0.5, 0.6) is 17.2 Å². The minimum absolute atomic E-state index is 0.00903. The summed E-state index contributed by atoms with van der Waals surface area (Å²) in [6.07, 6.45) is 0.424. The van der Waals surface area contributed by atoms with Crippen molar-refractivity contribution in [3.63, 3.8) is 0 Å². The van der Waals surface area contributed by atoms with Crippen molar-refractivity contribution in [3.8, 4) is 17.2 Å². The zero-order valence-electron chi connectivity index (χ0n) is 18.0. The van der Waals surface area contributed by atoms with Crippen molar-refractivity contribution in [1.82, 2.24) is 4.90 Å². The van der Waals surface area contributed by atoms with Crippen molar-refractivity contribution >= 4 is 17.4 Å². The van der Waals surface area contributed by atoms with E-state index in [9.17, 15) is 14.7 Å². The van der Waals surface area contributed by atoms with Crippen LogP contribution >= 0.6 is 0 Å². The van der Waals surface area contributed by atoms with Gasteiger partial charge >= 0.3 is 0 Å². The summed E-state index contributed by atoms with van der Waals surface area (Å²) in [4.78, 5) is 26.5. The van der Waals surface area contributed by atoms with Crippen LogP contribution in [0.1, 0.15) is 31.9 Å². The first-order valence-electron chi connectivity index (χ1n) is 10.4. The summed E-state index contributed by atoms with van der Waals surface area (Å²) in [6.45, 7) is 7.35. The van der Waals surface area contributed by atoms with Gasteiger partial charge in [0.15, 0.2) is 17.3 Å². The lowest BCUT2D eigenvalue weighted by Crippen LogP contribution is -2.33. The number of nitrogens with zero attached hydrogens (tertiary/aromatic N) is 1. The zero-order chi connectivity index (χ0) is 22.4. The number of aliphatic hydroxyl groups is 1. The van der Waals surface area contributed by atoms with Crippen LogP contribution in [0.3, 0.4) is 0 Å². The van der Waals surface area contributed by atoms with Crippen LogP contribution < -0.4 is 14.2 Å². The number of rotatable bonds is 10. The number of amides is 2. The first kappa shape index (κ1) is 22.2. The van der Waals surface area contributed by atoms with Crippen molar-refractivity contribution in [2.24, 2.45) is 0 Å². The molecular formula is C24H27NO6. The minimum atomic E-state index is -0.690. The molecule has 1 aliphatic rings. The minimum Gasteiger partial charge on any atom is -0.502 e. The number of hydrogen-bond acceptors (Lipinski definition) is 6. The van der Waals surface area contributed by atoms with E-state index in [0.717, 1.165) is 10.5 Å². The van der Waals surface area contributed by atoms with Crippen LogP contribution in [0.15, 0.2) is 48.2 Å². The summed E-state index contributed by atoms with van der Waals surface area (Å²) >= 11 is 0. The summed E-state index contributed by atoms with van der Waals surface area (Å²) in [7, 11) is 0. The van der Waals surface area contributed by atoms with Crippen molar-refractivity contribution in [2.75, 3.05) is 26.4 Å². The fourth-order valence-corrected chi connectivity index (χ4v) is 3.40. The molecule has 7 heteroatoms. The van der Waals surface area contributed by atoms with Gasteiger partial charge in [-0.25, -0.2) is 0 Å². The first-order valence-corrected chi connectivity index (χ1v) is 10.4. The van der Waals surface area contributed by atoms with E-state index in [2.05, 4.69) is 0 Å². The van der Waals surface area contributed by atoms with Gasteiger partial charge in [-0.2, -0.15) is 0 Å². The van der Waals surface area contributed by atoms with E-state index in [1.54, 1.807) is 24.3 Å². The molecule has 0 aromatic heterocycles. The van der Waals surface area contributed by atoms with Crippen LogP contribution in [-0.2, 0) is 16.0 Å². The summed E-state index contributed by atoms with van der Waals surface area (Å²) in [6, 6.07) is 12.3. The fraction of sp³-hybridized carbons (Fsp3) is 0.333. The van der Waals surface area contributed by atoms with E-state index >= 15 is 0 Å². The molecule has 0 unspecified atom stereocenters. The summed E-state index contributed by atoms with van der Waals surface area (Å²) in [5.74, 6) is 0.194. The third-order valence-corrected chi connectivity index (χ3v) is 4.83. The van der Waals surface area contributed by atoms with Gasteiger partial charge < -0.3 is 19.3 Å². The van der Waals surface area contributed by atoms with Crippen LogP contribution in [0, 0.1) is 0 Å². The van der Waals surface area contributed by atoms with E-state index in [1.807, 2.05) is 39.0 Å². The second kappa shape index (κ2) is 10.0. The Kier molecular flexibility index (Phi) is 7.18. The van der Waals surface area contributed by atoms with Crippen LogP contribution in [-0.4, -0.2) is 48.2 Å². The van der Waals surface area contributed by atoms with E-state index in [1.165, 1.54) is 0 Å². The van der Waals surface area contributed by atoms with Gasteiger partial charge in [-0.3, -0.25) is 14.5 Å². The Bertz CT molecular complexity index is 980. The summed E-state index contributed by atoms with van der Waals surface area (Å²) < 4.78 is 16.6. The van der Waals surface area contributed by atoms with Gasteiger partial charge in [0.05, 0.1) is 25.4 Å². The molecule has 0 saturated heterocycles. The molecule has 2 aromatic rings. The molecule has 1 heterocycles. The second-order valence-corrected chi connectivity index (χ2v) is 6.84. The maximum atomic E-state index is 12.9. The standard InChI is InChI=1S/C24H27NO6/c1-4-29-18-10-8-17(9-11-18)21-22(26)24(28)25(23(21)27)14-13-16-7-12-19(30-5-2)20(15-16)31-6-3/h7-12,15,26H,4-6,13-14H2,1-3H3. The second-order valence-electron chi connectivity index (χ2n) is 6.84. The van der Waals surface area contributed by atoms with Gasteiger partial charge in [0.1, 0.15) is 5.75 Å². The molecule has 0 aliphatic carbocycles. The van der Waals surface area contributed by atoms with E-state index < -0.39 is 17.6 Å². The molecule has 1 N–H and O–H groups in total. The Balaban J connectivity index is 1.73. The van der Waals surface area contributed by atoms with Gasteiger partial charge in [-0.05, 0) is 62.6 Å². The Hall–Kier alpha value is -3.48. The molecule has 3 rings (SSSR count). The quantitative estimate of drug-likeness (QED) is 0.584. The van der Waals surface area contributed by atoms with Crippen LogP contribution in [0.2, 0.25) is 0 Å². The average Bonchev–Trinajstić information content (AvgIpc) is 2.97. The number of imide groups is 1. The molecule has 2 amide bonds. The van der Waals surface area contributed by atoms with Gasteiger partial charge in [-0.15, -0.1) is 0 Å². The molecule has 7 nitrogen and oxygen atoms in total. The lowest BCUT2D eigenvalue weighted by atomic mass is 10.1. The van der Waals surface area contributed by atoms with E-state index in [4.69, 9.17) is 14.2 Å². The van der Waals surface area contributed by atoms with E-state index in [0.29, 0.717) is 49.1 Å². The molecule has 2 aromatic carbocycles. The highest BCUT2D eigenvalue weighted by molar-refractivity contribution is 6.34. The van der Waals surface area contributed by atoms with Gasteiger partial charge in [-0.1, -0.05) is 18.2 Å². The predicted molar refractivity (Wildman–Crippen MR) is 116 cm³/mol. The maximum absolute atomic E-state index is 12.9. The van der Waals surface area contributed by atoms with E-state index in [-0.39, 0.29) is 12.1 Å². The van der Waals surface area contributed by atoms with Crippen LogP contribution in [0.25, 0.3) is 5.57 Å². The van der Waals surface area contributed by atoms with Crippen molar-refractivity contribution in [2.45, 2.75) is 27.2 Å². The highest BCUT2D eigenvalue weighted by atomic mass is 16.5. The molecule has 164 valence electrons. The zero-order valence-corrected chi connectivity index (χ0v) is 18.0. The highest BCUT2D eigenvalue weighted by Gasteiger charge is 2.38. The topological polar surface area (TPSA) is 85.3 Å². The van der Waals surface area contributed by atoms with Gasteiger partial charge in [0.2, 0.25) is 0 Å². The number of benzene rings is 2. The van der Waals surface area contributed by atoms with Crippen LogP contribution in [0.4, 0.5) is 0 Å². The molecular weight excluding hydrogens is 398 g/mol. The largest absolute Gasteiger partial charge is 0.502 e. The van der Waals surface area contributed by atoms with Gasteiger partial charge in [0.25, 0.3) is 11.8 Å². The molecule has 0 spiro atoms. The number of hydrogen-bond donors (Lipinski definition) is 1. The van der Waals surface area contributed by atoms with Crippen molar-refractivity contribution in [1.29, 1.82) is 0 Å². The molecule has 0 saturated carbocycles. The Morgan fingerprint density at radius 1 is 0.806 bits per heavy atom. The molecule has 0 atom stereocenters.